The molecule has 5 rings (SSSR count). The molecular weight excluding hydrogens is 450 g/mol. The minimum atomic E-state index is -0.392. The van der Waals surface area contributed by atoms with Crippen LogP contribution in [0.3, 0.4) is 0 Å². The van der Waals surface area contributed by atoms with E-state index in [0.29, 0.717) is 47.8 Å². The van der Waals surface area contributed by atoms with E-state index in [0.717, 1.165) is 11.1 Å². The number of aryl methyl sites for hydroxylation is 2. The summed E-state index contributed by atoms with van der Waals surface area (Å²) in [6, 6.07) is 10.7. The molecule has 3 N–H and O–H groups in total. The molecule has 1 amide bonds. The summed E-state index contributed by atoms with van der Waals surface area (Å²) in [7, 11) is 1.62. The number of fused-ring (bicyclic) bond motifs is 3. The van der Waals surface area contributed by atoms with Crippen molar-refractivity contribution in [3.05, 3.63) is 69.6 Å². The van der Waals surface area contributed by atoms with E-state index in [-0.39, 0.29) is 30.3 Å². The number of ether oxygens (including phenoxy) is 3. The van der Waals surface area contributed by atoms with Crippen LogP contribution < -0.4 is 30.7 Å². The normalized spacial score (nSPS) is 12.4. The highest BCUT2D eigenvalue weighted by Crippen LogP contribution is 2.32. The third-order valence-corrected chi connectivity index (χ3v) is 6.04. The number of benzene rings is 1. The number of nitrogens with one attached hydrogen (secondary N) is 1. The fourth-order valence-corrected chi connectivity index (χ4v) is 4.21. The summed E-state index contributed by atoms with van der Waals surface area (Å²) in [5, 5.41) is 3.20. The molecule has 4 aromatic rings. The van der Waals surface area contributed by atoms with Gasteiger partial charge in [0.2, 0.25) is 18.3 Å². The maximum Gasteiger partial charge on any atom is 0.278 e. The monoisotopic (exact) mass is 476 g/mol. The van der Waals surface area contributed by atoms with Crippen LogP contribution in [-0.2, 0) is 17.8 Å². The van der Waals surface area contributed by atoms with Gasteiger partial charge in [0.15, 0.2) is 11.5 Å². The molecule has 180 valence electrons. The summed E-state index contributed by atoms with van der Waals surface area (Å²) in [6.07, 6.45) is 2.31. The molecule has 0 saturated heterocycles. The number of aromatic nitrogens is 3. The fourth-order valence-electron chi connectivity index (χ4n) is 4.21. The van der Waals surface area contributed by atoms with E-state index in [4.69, 9.17) is 24.9 Å². The minimum Gasteiger partial charge on any atom is -0.454 e. The number of hydrogen-bond acceptors (Lipinski definition) is 7. The zero-order valence-electron chi connectivity index (χ0n) is 19.5. The van der Waals surface area contributed by atoms with E-state index in [2.05, 4.69) is 5.32 Å². The van der Waals surface area contributed by atoms with Crippen LogP contribution in [0.5, 0.6) is 11.5 Å². The average Bonchev–Trinajstić information content (AvgIpc) is 3.33. The van der Waals surface area contributed by atoms with Crippen molar-refractivity contribution < 1.29 is 23.6 Å². The van der Waals surface area contributed by atoms with Crippen LogP contribution in [0.15, 0.2) is 47.4 Å². The summed E-state index contributed by atoms with van der Waals surface area (Å²) in [5.74, 6) is 1.16. The molecule has 1 aromatic carbocycles. The Labute approximate surface area is 200 Å². The van der Waals surface area contributed by atoms with Gasteiger partial charge in [-0.15, -0.1) is 0 Å². The zero-order chi connectivity index (χ0) is 24.5. The topological polar surface area (TPSA) is 121 Å². The average molecular weight is 477 g/mol. The summed E-state index contributed by atoms with van der Waals surface area (Å²) >= 11 is 0. The van der Waals surface area contributed by atoms with Crippen LogP contribution >= 0.6 is 0 Å². The fraction of sp³-hybridized carbons (Fsp3) is 0.280. The number of nitrogens with zero attached hydrogens (tertiary/aromatic N) is 3. The van der Waals surface area contributed by atoms with Gasteiger partial charge >= 0.3 is 0 Å². The van der Waals surface area contributed by atoms with Gasteiger partial charge in [-0.25, -0.2) is 4.57 Å². The van der Waals surface area contributed by atoms with Gasteiger partial charge in [0.1, 0.15) is 10.9 Å². The number of carbonyl (C=O) groups excluding carboxylic acids is 1. The van der Waals surface area contributed by atoms with Gasteiger partial charge in [0.25, 0.3) is 17.1 Å². The lowest BCUT2D eigenvalue weighted by molar-refractivity contribution is -0.659. The van der Waals surface area contributed by atoms with E-state index in [1.54, 1.807) is 30.0 Å². The third kappa shape index (κ3) is 4.12. The number of amides is 1. The van der Waals surface area contributed by atoms with E-state index < -0.39 is 5.91 Å². The number of nitrogens with two attached hydrogens (primary N) is 1. The molecule has 0 atom stereocenters. The molecule has 3 aromatic heterocycles. The lowest BCUT2D eigenvalue weighted by atomic mass is 10.1. The smallest absolute Gasteiger partial charge is 0.278 e. The van der Waals surface area contributed by atoms with Crippen molar-refractivity contribution in [3.63, 3.8) is 0 Å². The molecule has 0 bridgehead atoms. The van der Waals surface area contributed by atoms with Crippen molar-refractivity contribution in [2.75, 3.05) is 26.2 Å². The van der Waals surface area contributed by atoms with Gasteiger partial charge in [-0.2, -0.15) is 0 Å². The van der Waals surface area contributed by atoms with Crippen LogP contribution in [0.2, 0.25) is 0 Å². The number of rotatable bonds is 7. The maximum atomic E-state index is 13.4. The maximum absolute atomic E-state index is 13.4. The van der Waals surface area contributed by atoms with Crippen LogP contribution in [0.4, 0.5) is 5.82 Å². The summed E-state index contributed by atoms with van der Waals surface area (Å²) in [5.41, 5.74) is 9.12. The highest BCUT2D eigenvalue weighted by atomic mass is 16.7. The molecule has 4 heterocycles. The van der Waals surface area contributed by atoms with E-state index in [1.165, 1.54) is 10.5 Å². The SMILES string of the molecule is COCCC[n+]1c(N)c(C(=O)NCc2ccc3c(c2)OCO3)cc2c(=O)n3cccc(C)c3nc21. The van der Waals surface area contributed by atoms with Gasteiger partial charge in [0.05, 0.1) is 6.54 Å². The summed E-state index contributed by atoms with van der Waals surface area (Å²) < 4.78 is 19.1. The highest BCUT2D eigenvalue weighted by Gasteiger charge is 2.25. The van der Waals surface area contributed by atoms with E-state index in [9.17, 15) is 9.59 Å². The molecule has 10 heteroatoms. The van der Waals surface area contributed by atoms with Crippen LogP contribution in [0, 0.1) is 6.92 Å². The van der Waals surface area contributed by atoms with Crippen molar-refractivity contribution in [2.24, 2.45) is 0 Å². The Hall–Kier alpha value is -4.18. The predicted octanol–water partition coefficient (Wildman–Crippen LogP) is 1.72. The van der Waals surface area contributed by atoms with Gasteiger partial charge in [-0.3, -0.25) is 14.0 Å². The number of carbonyl (C=O) groups is 1. The Morgan fingerprint density at radius 1 is 1.26 bits per heavy atom. The highest BCUT2D eigenvalue weighted by molar-refractivity contribution is 6.00. The summed E-state index contributed by atoms with van der Waals surface area (Å²) in [4.78, 5) is 31.3. The van der Waals surface area contributed by atoms with Gasteiger partial charge in [-0.05, 0) is 36.8 Å². The first-order chi connectivity index (χ1) is 17.0. The standard InChI is InChI=1S/C25H25N5O5/c1-15-5-3-8-30-22(15)28-23-18(25(30)32)12-17(21(26)29(23)9-4-10-33-2)24(31)27-13-16-6-7-19-20(11-16)35-14-34-19/h3,5-8,11-12,26H,4,9-10,13-14H2,1-2H3,(H,27,31)/p+1. The second kappa shape index (κ2) is 9.22. The summed E-state index contributed by atoms with van der Waals surface area (Å²) in [6.45, 7) is 3.27. The Balaban J connectivity index is 1.55. The number of anilines is 1. The minimum absolute atomic E-state index is 0.180. The van der Waals surface area contributed by atoms with Crippen molar-refractivity contribution in [1.82, 2.24) is 14.7 Å². The number of hydrogen-bond donors (Lipinski definition) is 2. The van der Waals surface area contributed by atoms with Crippen molar-refractivity contribution in [1.29, 1.82) is 0 Å². The first-order valence-corrected chi connectivity index (χ1v) is 11.3. The Morgan fingerprint density at radius 3 is 2.91 bits per heavy atom. The van der Waals surface area contributed by atoms with Crippen LogP contribution in [-0.4, -0.2) is 35.8 Å². The van der Waals surface area contributed by atoms with Crippen molar-refractivity contribution in [2.45, 2.75) is 26.4 Å². The lowest BCUT2D eigenvalue weighted by Gasteiger charge is -2.13. The number of pyridine rings is 2. The van der Waals surface area contributed by atoms with Crippen LogP contribution in [0.1, 0.15) is 27.9 Å². The molecule has 0 saturated carbocycles. The molecule has 35 heavy (non-hydrogen) atoms. The molecule has 0 fully saturated rings. The van der Waals surface area contributed by atoms with Gasteiger partial charge in [-0.1, -0.05) is 17.1 Å². The largest absolute Gasteiger partial charge is 0.454 e. The zero-order valence-corrected chi connectivity index (χ0v) is 19.5. The Morgan fingerprint density at radius 2 is 2.09 bits per heavy atom. The van der Waals surface area contributed by atoms with E-state index >= 15 is 0 Å². The molecule has 10 nitrogen and oxygen atoms in total. The predicted molar refractivity (Wildman–Crippen MR) is 129 cm³/mol. The van der Waals surface area contributed by atoms with Crippen molar-refractivity contribution in [3.8, 4) is 11.5 Å². The molecule has 1 aliphatic rings. The van der Waals surface area contributed by atoms with Gasteiger partial charge in [0, 0.05) is 38.4 Å². The molecular formula is C25H26N5O5+. The first-order valence-electron chi connectivity index (χ1n) is 11.3. The van der Waals surface area contributed by atoms with Gasteiger partial charge < -0.3 is 25.3 Å². The van der Waals surface area contributed by atoms with E-state index in [1.807, 2.05) is 25.1 Å². The van der Waals surface area contributed by atoms with Crippen molar-refractivity contribution >= 4 is 28.4 Å². The van der Waals surface area contributed by atoms with Crippen LogP contribution in [0.25, 0.3) is 16.7 Å². The number of nitrogen functional groups attached to an aromatic ring is 1. The lowest BCUT2D eigenvalue weighted by Crippen LogP contribution is -2.43. The Kier molecular flexibility index (Phi) is 5.96. The molecule has 0 aliphatic carbocycles. The second-order valence-electron chi connectivity index (χ2n) is 8.35. The Bertz CT molecular complexity index is 1510. The molecule has 1 aliphatic heterocycles. The first kappa shape index (κ1) is 22.6. The molecule has 0 radical (unpaired) electrons. The third-order valence-electron chi connectivity index (χ3n) is 6.04. The molecule has 0 unspecified atom stereocenters. The quantitative estimate of drug-likeness (QED) is 0.237. The number of methoxy groups -OCH3 is 1. The second-order valence-corrected chi connectivity index (χ2v) is 8.35. The molecule has 0 spiro atoms.